The number of benzene rings is 1. The summed E-state index contributed by atoms with van der Waals surface area (Å²) >= 11 is 7.27. The number of amides is 1. The smallest absolute Gasteiger partial charge is 0.314 e. The number of hydrogen-bond donors (Lipinski definition) is 0. The van der Waals surface area contributed by atoms with Crippen LogP contribution in [0.3, 0.4) is 0 Å². The highest BCUT2D eigenvalue weighted by Gasteiger charge is 2.50. The first-order valence-electron chi connectivity index (χ1n) is 8.52. The highest BCUT2D eigenvalue weighted by atomic mass is 35.5. The van der Waals surface area contributed by atoms with Gasteiger partial charge in [0.25, 0.3) is 0 Å². The number of amidine groups is 1. The molecule has 2 aliphatic heterocycles. The molecule has 2 aliphatic rings. The van der Waals surface area contributed by atoms with Gasteiger partial charge in [0.1, 0.15) is 0 Å². The van der Waals surface area contributed by atoms with Crippen molar-refractivity contribution in [2.24, 2.45) is 10.9 Å². The lowest BCUT2D eigenvalue weighted by atomic mass is 10.1. The van der Waals surface area contributed by atoms with Crippen LogP contribution in [-0.4, -0.2) is 42.3 Å². The van der Waals surface area contributed by atoms with E-state index < -0.39 is 38.8 Å². The third kappa shape index (κ3) is 4.49. The van der Waals surface area contributed by atoms with Crippen molar-refractivity contribution >= 4 is 50.0 Å². The van der Waals surface area contributed by atoms with Crippen molar-refractivity contribution in [3.05, 3.63) is 28.8 Å². The molecule has 2 fully saturated rings. The van der Waals surface area contributed by atoms with Gasteiger partial charge >= 0.3 is 6.18 Å². The summed E-state index contributed by atoms with van der Waals surface area (Å²) in [5.74, 6) is -0.691. The minimum atomic E-state index is -4.59. The van der Waals surface area contributed by atoms with Crippen molar-refractivity contribution in [3.8, 4) is 0 Å². The van der Waals surface area contributed by atoms with Crippen LogP contribution in [0.15, 0.2) is 23.2 Å². The molecule has 1 aromatic carbocycles. The third-order valence-corrected chi connectivity index (χ3v) is 7.93. The Balaban J connectivity index is 2.07. The molecule has 1 amide bonds. The molecule has 2 heterocycles. The highest BCUT2D eigenvalue weighted by molar-refractivity contribution is 8.16. The van der Waals surface area contributed by atoms with E-state index in [-0.39, 0.29) is 39.7 Å². The number of hydrogen-bond acceptors (Lipinski definition) is 4. The lowest BCUT2D eigenvalue weighted by Crippen LogP contribution is -2.38. The normalized spacial score (nSPS) is 25.5. The van der Waals surface area contributed by atoms with Crippen LogP contribution in [0.2, 0.25) is 5.02 Å². The number of carbonyl (C=O) groups excluding carboxylic acids is 1. The molecule has 0 aromatic heterocycles. The molecule has 0 unspecified atom stereocenters. The molecule has 0 radical (unpaired) electrons. The predicted octanol–water partition coefficient (Wildman–Crippen LogP) is 4.01. The van der Waals surface area contributed by atoms with Crippen LogP contribution < -0.4 is 4.90 Å². The van der Waals surface area contributed by atoms with Crippen LogP contribution in [0, 0.1) is 5.92 Å². The van der Waals surface area contributed by atoms with Gasteiger partial charge in [0.2, 0.25) is 5.91 Å². The summed E-state index contributed by atoms with van der Waals surface area (Å²) in [5, 5.41) is -0.194. The first-order chi connectivity index (χ1) is 12.9. The zero-order valence-electron chi connectivity index (χ0n) is 15.0. The van der Waals surface area contributed by atoms with Gasteiger partial charge in [-0.05, 0) is 24.1 Å². The van der Waals surface area contributed by atoms with Crippen LogP contribution in [0.1, 0.15) is 25.8 Å². The standard InChI is InChI=1S/C17H18ClF3N2O3S2/c1-9(2)5-15(24)22-16-23(13-7-28(25,26)8-14(13)27-16)12-6-10(17(19,20)21)3-4-11(12)18/h3-4,6,9,13-14H,5,7-8H2,1-2H3/t13-,14-/m0/s1. The first-order valence-corrected chi connectivity index (χ1v) is 11.6. The highest BCUT2D eigenvalue weighted by Crippen LogP contribution is 2.44. The fraction of sp³-hybridized carbons (Fsp3) is 0.529. The number of rotatable bonds is 3. The van der Waals surface area contributed by atoms with Gasteiger partial charge in [-0.1, -0.05) is 37.2 Å². The van der Waals surface area contributed by atoms with Crippen molar-refractivity contribution in [1.82, 2.24) is 0 Å². The average molecular weight is 455 g/mol. The molecular formula is C17H18ClF3N2O3S2. The van der Waals surface area contributed by atoms with Gasteiger partial charge in [-0.2, -0.15) is 18.2 Å². The minimum Gasteiger partial charge on any atom is -0.314 e. The quantitative estimate of drug-likeness (QED) is 0.690. The van der Waals surface area contributed by atoms with Crippen LogP contribution >= 0.6 is 23.4 Å². The number of thioether (sulfide) groups is 1. The molecular weight excluding hydrogens is 437 g/mol. The number of carbonyl (C=O) groups is 1. The molecule has 11 heteroatoms. The van der Waals surface area contributed by atoms with E-state index in [9.17, 15) is 26.4 Å². The Kier molecular flexibility index (Phi) is 5.77. The molecule has 0 saturated carbocycles. The second-order valence-corrected chi connectivity index (χ2v) is 11.0. The SMILES string of the molecule is CC(C)CC(=O)N=C1S[C@H]2CS(=O)(=O)C[C@@H]2N1c1cc(C(F)(F)F)ccc1Cl. The maximum atomic E-state index is 13.2. The summed E-state index contributed by atoms with van der Waals surface area (Å²) in [6.07, 6.45) is -4.40. The number of anilines is 1. The number of nitrogens with zero attached hydrogens (tertiary/aromatic N) is 2. The maximum Gasteiger partial charge on any atom is 0.416 e. The fourth-order valence-electron chi connectivity index (χ4n) is 3.22. The van der Waals surface area contributed by atoms with Gasteiger partial charge in [-0.25, -0.2) is 8.42 Å². The van der Waals surface area contributed by atoms with Gasteiger partial charge in [-0.3, -0.25) is 4.79 Å². The maximum absolute atomic E-state index is 13.2. The molecule has 0 bridgehead atoms. The topological polar surface area (TPSA) is 66.8 Å². The Labute approximate surface area is 170 Å². The minimum absolute atomic E-state index is 0.00434. The zero-order valence-corrected chi connectivity index (χ0v) is 17.4. The molecule has 0 aliphatic carbocycles. The largest absolute Gasteiger partial charge is 0.416 e. The summed E-state index contributed by atoms with van der Waals surface area (Å²) in [5.41, 5.74) is -0.904. The second-order valence-electron chi connectivity index (χ2n) is 7.22. The number of fused-ring (bicyclic) bond motifs is 1. The number of alkyl halides is 3. The number of sulfone groups is 1. The summed E-state index contributed by atoms with van der Waals surface area (Å²) in [6, 6.07) is 2.23. The van der Waals surface area contributed by atoms with E-state index in [4.69, 9.17) is 11.6 Å². The van der Waals surface area contributed by atoms with E-state index in [0.29, 0.717) is 0 Å². The van der Waals surface area contributed by atoms with Gasteiger partial charge < -0.3 is 4.90 Å². The molecule has 3 rings (SSSR count). The second kappa shape index (κ2) is 7.53. The lowest BCUT2D eigenvalue weighted by molar-refractivity contribution is -0.137. The van der Waals surface area contributed by atoms with Crippen LogP contribution in [0.5, 0.6) is 0 Å². The molecule has 154 valence electrons. The first kappa shape index (κ1) is 21.4. The molecule has 2 atom stereocenters. The molecule has 5 nitrogen and oxygen atoms in total. The van der Waals surface area contributed by atoms with Gasteiger partial charge in [0.05, 0.1) is 33.8 Å². The summed E-state index contributed by atoms with van der Waals surface area (Å²) in [7, 11) is -3.34. The van der Waals surface area contributed by atoms with E-state index in [2.05, 4.69) is 4.99 Å². The van der Waals surface area contributed by atoms with Crippen molar-refractivity contribution in [2.45, 2.75) is 37.7 Å². The fourth-order valence-corrected chi connectivity index (χ4v) is 7.35. The van der Waals surface area contributed by atoms with Crippen molar-refractivity contribution in [2.75, 3.05) is 16.4 Å². The van der Waals surface area contributed by atoms with Gasteiger partial charge in [0.15, 0.2) is 15.0 Å². The number of aliphatic imine (C=N–C) groups is 1. The van der Waals surface area contributed by atoms with Crippen LogP contribution in [-0.2, 0) is 20.8 Å². The summed E-state index contributed by atoms with van der Waals surface area (Å²) in [4.78, 5) is 17.6. The molecule has 28 heavy (non-hydrogen) atoms. The molecule has 2 saturated heterocycles. The molecule has 1 aromatic rings. The Hall–Kier alpha value is -1.26. The summed E-state index contributed by atoms with van der Waals surface area (Å²) in [6.45, 7) is 3.70. The van der Waals surface area contributed by atoms with E-state index in [1.807, 2.05) is 13.8 Å². The van der Waals surface area contributed by atoms with Gasteiger partial charge in [0, 0.05) is 11.7 Å². The molecule has 0 spiro atoms. The zero-order chi connectivity index (χ0) is 20.9. The lowest BCUT2D eigenvalue weighted by Gasteiger charge is -2.26. The van der Waals surface area contributed by atoms with E-state index >= 15 is 0 Å². The Morgan fingerprint density at radius 3 is 2.64 bits per heavy atom. The average Bonchev–Trinajstić information content (AvgIpc) is 2.97. The van der Waals surface area contributed by atoms with Crippen molar-refractivity contribution < 1.29 is 26.4 Å². The summed E-state index contributed by atoms with van der Waals surface area (Å²) < 4.78 is 63.6. The van der Waals surface area contributed by atoms with Crippen LogP contribution in [0.4, 0.5) is 18.9 Å². The molecule has 0 N–H and O–H groups in total. The predicted molar refractivity (Wildman–Crippen MR) is 105 cm³/mol. The van der Waals surface area contributed by atoms with Crippen LogP contribution in [0.25, 0.3) is 0 Å². The third-order valence-electron chi connectivity index (χ3n) is 4.40. The Bertz CT molecular complexity index is 932. The Morgan fingerprint density at radius 1 is 1.36 bits per heavy atom. The van der Waals surface area contributed by atoms with Gasteiger partial charge in [-0.15, -0.1) is 0 Å². The van der Waals surface area contributed by atoms with Crippen molar-refractivity contribution in [1.29, 1.82) is 0 Å². The van der Waals surface area contributed by atoms with Crippen molar-refractivity contribution in [3.63, 3.8) is 0 Å². The van der Waals surface area contributed by atoms with E-state index in [1.165, 1.54) is 4.90 Å². The monoisotopic (exact) mass is 454 g/mol. The van der Waals surface area contributed by atoms with E-state index in [0.717, 1.165) is 30.0 Å². The van der Waals surface area contributed by atoms with E-state index in [1.54, 1.807) is 0 Å². The Morgan fingerprint density at radius 2 is 2.04 bits per heavy atom. The number of halogens is 4.